The lowest BCUT2D eigenvalue weighted by molar-refractivity contribution is -0.880. The summed E-state index contributed by atoms with van der Waals surface area (Å²) in [6.45, 7) is 4.35. The largest absolute Gasteiger partial charge is 0.490 e. The van der Waals surface area contributed by atoms with Crippen LogP contribution in [0.4, 0.5) is 0 Å². The number of halogens is 2. The molecule has 0 heterocycles. The summed E-state index contributed by atoms with van der Waals surface area (Å²) in [5.41, 5.74) is 10.8. The second-order valence-corrected chi connectivity index (χ2v) is 12.6. The summed E-state index contributed by atoms with van der Waals surface area (Å²) < 4.78 is 12.1. The van der Waals surface area contributed by atoms with Crippen molar-refractivity contribution in [1.82, 2.24) is 0 Å². The number of carbonyl (C=O) groups is 1. The van der Waals surface area contributed by atoms with E-state index in [9.17, 15) is 4.79 Å². The van der Waals surface area contributed by atoms with Crippen LogP contribution in [0.3, 0.4) is 0 Å². The Morgan fingerprint density at radius 3 is 2.02 bits per heavy atom. The van der Waals surface area contributed by atoms with Crippen molar-refractivity contribution in [3.05, 3.63) is 129 Å². The van der Waals surface area contributed by atoms with Gasteiger partial charge in [0.25, 0.3) is 0 Å². The molecule has 1 aliphatic rings. The van der Waals surface area contributed by atoms with E-state index in [0.717, 1.165) is 42.7 Å². The zero-order chi connectivity index (χ0) is 30.9. The lowest BCUT2D eigenvalue weighted by Crippen LogP contribution is -2.58. The summed E-state index contributed by atoms with van der Waals surface area (Å²) >= 11 is 12.5. The smallest absolute Gasteiger partial charge is 0.318 e. The van der Waals surface area contributed by atoms with E-state index < -0.39 is 0 Å². The first kappa shape index (κ1) is 32.1. The van der Waals surface area contributed by atoms with Crippen LogP contribution in [0.25, 0.3) is 0 Å². The van der Waals surface area contributed by atoms with Crippen molar-refractivity contribution >= 4 is 29.1 Å². The molecule has 2 atom stereocenters. The summed E-state index contributed by atoms with van der Waals surface area (Å²) in [4.78, 5) is 14.6. The normalized spacial score (nSPS) is 14.9. The van der Waals surface area contributed by atoms with Crippen LogP contribution in [0.5, 0.6) is 11.5 Å². The minimum atomic E-state index is -0.278. The molecule has 7 heteroatoms. The van der Waals surface area contributed by atoms with E-state index >= 15 is 0 Å². The highest BCUT2D eigenvalue weighted by atomic mass is 35.5. The predicted octanol–water partition coefficient (Wildman–Crippen LogP) is 7.83. The lowest BCUT2D eigenvalue weighted by Gasteiger charge is -2.39. The molecule has 230 valence electrons. The van der Waals surface area contributed by atoms with Crippen LogP contribution in [0.15, 0.2) is 97.1 Å². The quantitative estimate of drug-likeness (QED) is 0.107. The Kier molecular flexibility index (Phi) is 11.0. The third-order valence-corrected chi connectivity index (χ3v) is 8.98. The molecule has 1 saturated carbocycles. The number of rotatable bonds is 15. The number of aryl methyl sites for hydroxylation is 1. The highest BCUT2D eigenvalue weighted by molar-refractivity contribution is 6.37. The maximum atomic E-state index is 14.6. The van der Waals surface area contributed by atoms with Crippen LogP contribution in [-0.2, 0) is 24.2 Å². The molecule has 4 aromatic carbocycles. The molecular weight excluding hydrogens is 591 g/mol. The molecule has 4 aromatic rings. The Hall–Kier alpha value is -3.35. The minimum Gasteiger partial charge on any atom is -0.490 e. The fourth-order valence-electron chi connectivity index (χ4n) is 5.98. The molecule has 0 aliphatic heterocycles. The molecule has 44 heavy (non-hydrogen) atoms. The Balaban J connectivity index is 1.24. The van der Waals surface area contributed by atoms with Crippen LogP contribution in [0, 0.1) is 12.8 Å². The SMILES string of the molecule is Cc1cc(Cl)c(OCCOc2ccc(CC(CN)C(=O)[N+](CCc3ccccc3)(Cc3ccccc3)C3CC3)cc2)c(Cl)c1. The Labute approximate surface area is 271 Å². The van der Waals surface area contributed by atoms with Gasteiger partial charge < -0.3 is 15.2 Å². The Morgan fingerprint density at radius 1 is 0.841 bits per heavy atom. The zero-order valence-corrected chi connectivity index (χ0v) is 26.8. The number of carbonyl (C=O) groups excluding carboxylic acids is 1. The molecule has 5 rings (SSSR count). The average molecular weight is 633 g/mol. The number of amides is 1. The summed E-state index contributed by atoms with van der Waals surface area (Å²) in [7, 11) is 0. The van der Waals surface area contributed by atoms with Crippen LogP contribution in [0.1, 0.15) is 35.1 Å². The van der Waals surface area contributed by atoms with E-state index in [4.69, 9.17) is 38.4 Å². The van der Waals surface area contributed by atoms with Crippen molar-refractivity contribution in [2.45, 2.75) is 45.2 Å². The number of quaternary nitrogens is 1. The molecule has 0 bridgehead atoms. The summed E-state index contributed by atoms with van der Waals surface area (Å²) in [6, 6.07) is 32.8. The van der Waals surface area contributed by atoms with Crippen LogP contribution in [0.2, 0.25) is 10.0 Å². The second-order valence-electron chi connectivity index (χ2n) is 11.7. The summed E-state index contributed by atoms with van der Waals surface area (Å²) in [5.74, 6) is 1.16. The molecule has 0 spiro atoms. The topological polar surface area (TPSA) is 61.6 Å². The van der Waals surface area contributed by atoms with Gasteiger partial charge in [0.15, 0.2) is 5.75 Å². The fraction of sp³-hybridized carbons (Fsp3) is 0.324. The molecule has 1 aliphatic carbocycles. The molecule has 0 saturated heterocycles. The first-order valence-electron chi connectivity index (χ1n) is 15.4. The Bertz CT molecular complexity index is 1490. The maximum Gasteiger partial charge on any atom is 0.318 e. The minimum absolute atomic E-state index is 0.251. The molecule has 2 unspecified atom stereocenters. The van der Waals surface area contributed by atoms with Gasteiger partial charge in [0, 0.05) is 31.4 Å². The van der Waals surface area contributed by atoms with Gasteiger partial charge in [0.05, 0.1) is 28.5 Å². The van der Waals surface area contributed by atoms with Gasteiger partial charge in [-0.05, 0) is 54.3 Å². The lowest BCUT2D eigenvalue weighted by atomic mass is 9.95. The number of ether oxygens (including phenoxy) is 2. The van der Waals surface area contributed by atoms with Crippen molar-refractivity contribution in [3.8, 4) is 11.5 Å². The molecule has 0 radical (unpaired) electrons. The van der Waals surface area contributed by atoms with Gasteiger partial charge in [0.2, 0.25) is 0 Å². The predicted molar refractivity (Wildman–Crippen MR) is 178 cm³/mol. The van der Waals surface area contributed by atoms with Crippen molar-refractivity contribution in [3.63, 3.8) is 0 Å². The third-order valence-electron chi connectivity index (χ3n) is 8.41. The van der Waals surface area contributed by atoms with Crippen LogP contribution in [-0.4, -0.2) is 42.7 Å². The van der Waals surface area contributed by atoms with Crippen LogP contribution >= 0.6 is 23.2 Å². The number of nitrogens with two attached hydrogens (primary N) is 1. The monoisotopic (exact) mass is 631 g/mol. The maximum absolute atomic E-state index is 14.6. The standard InChI is InChI=1S/C37H41Cl2N2O3/c1-27-22-34(38)36(35(39)23-27)44-21-20-43-33-16-12-29(13-17-33)24-31(25-40)37(42)41(32-14-15-32,26-30-10-6-3-7-11-30)19-18-28-8-4-2-5-9-28/h2-13,16-17,22-23,31-32H,14-15,18-21,24-26,40H2,1H3/q+1. The van der Waals surface area contributed by atoms with Gasteiger partial charge in [-0.15, -0.1) is 0 Å². The van der Waals surface area contributed by atoms with Gasteiger partial charge in [-0.1, -0.05) is 96.0 Å². The van der Waals surface area contributed by atoms with Crippen molar-refractivity contribution < 1.29 is 18.8 Å². The van der Waals surface area contributed by atoms with E-state index in [1.54, 1.807) is 0 Å². The average Bonchev–Trinajstić information content (AvgIpc) is 3.89. The highest BCUT2D eigenvalue weighted by Crippen LogP contribution is 2.39. The van der Waals surface area contributed by atoms with Gasteiger partial charge in [0.1, 0.15) is 25.5 Å². The molecular formula is C37H41Cl2N2O3+. The Morgan fingerprint density at radius 2 is 1.43 bits per heavy atom. The van der Waals surface area contributed by atoms with Crippen molar-refractivity contribution in [2.24, 2.45) is 11.7 Å². The number of nitrogens with zero attached hydrogens (tertiary/aromatic N) is 1. The van der Waals surface area contributed by atoms with E-state index in [2.05, 4.69) is 48.5 Å². The van der Waals surface area contributed by atoms with E-state index in [1.165, 1.54) is 11.1 Å². The summed E-state index contributed by atoms with van der Waals surface area (Å²) in [5, 5.41) is 0.966. The second kappa shape index (κ2) is 15.1. The highest BCUT2D eigenvalue weighted by Gasteiger charge is 2.51. The first-order chi connectivity index (χ1) is 21.4. The molecule has 1 fully saturated rings. The zero-order valence-electron chi connectivity index (χ0n) is 25.3. The molecule has 1 amide bonds. The van der Waals surface area contributed by atoms with Gasteiger partial charge in [-0.2, -0.15) is 0 Å². The van der Waals surface area contributed by atoms with Crippen molar-refractivity contribution in [1.29, 1.82) is 0 Å². The number of benzene rings is 4. The van der Waals surface area contributed by atoms with E-state index in [1.807, 2.05) is 55.5 Å². The molecule has 0 aromatic heterocycles. The number of hydrogen-bond acceptors (Lipinski definition) is 4. The first-order valence-corrected chi connectivity index (χ1v) is 16.1. The van der Waals surface area contributed by atoms with Gasteiger partial charge in [-0.25, -0.2) is 4.79 Å². The van der Waals surface area contributed by atoms with E-state index in [-0.39, 0.29) is 11.8 Å². The molecule has 5 nitrogen and oxygen atoms in total. The summed E-state index contributed by atoms with van der Waals surface area (Å²) in [6.07, 6.45) is 3.59. The van der Waals surface area contributed by atoms with Crippen LogP contribution < -0.4 is 15.2 Å². The van der Waals surface area contributed by atoms with E-state index in [0.29, 0.717) is 59.0 Å². The van der Waals surface area contributed by atoms with Gasteiger partial charge in [-0.3, -0.25) is 4.48 Å². The molecule has 2 N–H and O–H groups in total. The van der Waals surface area contributed by atoms with Gasteiger partial charge >= 0.3 is 5.91 Å². The number of hydrogen-bond donors (Lipinski definition) is 1. The third kappa shape index (κ3) is 8.22. The van der Waals surface area contributed by atoms with Crippen molar-refractivity contribution in [2.75, 3.05) is 26.3 Å². The fourth-order valence-corrected chi connectivity index (χ4v) is 6.68.